The average molecular weight is 253 g/mol. The Kier molecular flexibility index (Phi) is 4.38. The Morgan fingerprint density at radius 3 is 2.33 bits per heavy atom. The third-order valence-corrected chi connectivity index (χ3v) is 2.99. The normalized spacial score (nSPS) is 9.89. The van der Waals surface area contributed by atoms with Crippen molar-refractivity contribution in [3.8, 4) is 11.5 Å². The van der Waals surface area contributed by atoms with E-state index in [1.54, 1.807) is 27.3 Å². The number of carbonyl (C=O) groups is 1. The van der Waals surface area contributed by atoms with Crippen LogP contribution in [0.3, 0.4) is 0 Å². The van der Waals surface area contributed by atoms with Gasteiger partial charge in [-0.1, -0.05) is 0 Å². The van der Waals surface area contributed by atoms with Gasteiger partial charge in [-0.05, 0) is 25.0 Å². The van der Waals surface area contributed by atoms with Crippen molar-refractivity contribution in [3.63, 3.8) is 0 Å². The highest BCUT2D eigenvalue weighted by molar-refractivity contribution is 5.93. The molecule has 3 N–H and O–H groups in total. The Hall–Kier alpha value is -1.95. The zero-order valence-electron chi connectivity index (χ0n) is 11.3. The summed E-state index contributed by atoms with van der Waals surface area (Å²) < 4.78 is 10.6. The number of carbonyl (C=O) groups excluding carboxylic acids is 1. The van der Waals surface area contributed by atoms with E-state index in [-0.39, 0.29) is 0 Å². The van der Waals surface area contributed by atoms with E-state index in [1.165, 1.54) is 4.90 Å². The van der Waals surface area contributed by atoms with Gasteiger partial charge in [0.15, 0.2) is 0 Å². The van der Waals surface area contributed by atoms with Gasteiger partial charge in [0, 0.05) is 13.1 Å². The number of hydrogen-bond donors (Lipinski definition) is 2. The van der Waals surface area contributed by atoms with Crippen LogP contribution in [0.25, 0.3) is 0 Å². The molecular formula is C12H19N3O3. The Bertz CT molecular complexity index is 460. The average Bonchev–Trinajstić information content (AvgIpc) is 2.39. The van der Waals surface area contributed by atoms with Crippen molar-refractivity contribution in [3.05, 3.63) is 17.2 Å². The van der Waals surface area contributed by atoms with Crippen LogP contribution in [0.2, 0.25) is 0 Å². The van der Waals surface area contributed by atoms with Crippen LogP contribution >= 0.6 is 0 Å². The largest absolute Gasteiger partial charge is 0.496 e. The molecule has 1 aromatic rings. The standard InChI is InChI=1S/C12H19N3O3/c1-7-8(2)11(18-5)9(6-10(7)17-4)15(3)12(16)14-13/h6H,13H2,1-5H3,(H,14,16). The number of rotatable bonds is 3. The number of hydrogen-bond acceptors (Lipinski definition) is 4. The van der Waals surface area contributed by atoms with Crippen LogP contribution < -0.4 is 25.6 Å². The summed E-state index contributed by atoms with van der Waals surface area (Å²) in [7, 11) is 4.75. The fourth-order valence-corrected chi connectivity index (χ4v) is 1.77. The van der Waals surface area contributed by atoms with E-state index in [0.29, 0.717) is 17.2 Å². The highest BCUT2D eigenvalue weighted by atomic mass is 16.5. The van der Waals surface area contributed by atoms with Crippen molar-refractivity contribution in [2.24, 2.45) is 5.84 Å². The Morgan fingerprint density at radius 2 is 1.89 bits per heavy atom. The lowest BCUT2D eigenvalue weighted by Crippen LogP contribution is -2.41. The van der Waals surface area contributed by atoms with Crippen molar-refractivity contribution in [2.45, 2.75) is 13.8 Å². The van der Waals surface area contributed by atoms with E-state index >= 15 is 0 Å². The third-order valence-electron chi connectivity index (χ3n) is 2.99. The molecule has 0 spiro atoms. The van der Waals surface area contributed by atoms with Gasteiger partial charge in [0.2, 0.25) is 0 Å². The summed E-state index contributed by atoms with van der Waals surface area (Å²) in [5.74, 6) is 6.45. The van der Waals surface area contributed by atoms with Crippen LogP contribution in [0.1, 0.15) is 11.1 Å². The van der Waals surface area contributed by atoms with Crippen molar-refractivity contribution < 1.29 is 14.3 Å². The van der Waals surface area contributed by atoms with Gasteiger partial charge in [0.1, 0.15) is 11.5 Å². The van der Waals surface area contributed by atoms with Gasteiger partial charge in [-0.25, -0.2) is 10.6 Å². The molecule has 0 fully saturated rings. The Morgan fingerprint density at radius 1 is 1.28 bits per heavy atom. The lowest BCUT2D eigenvalue weighted by Gasteiger charge is -2.23. The number of methoxy groups -OCH3 is 2. The summed E-state index contributed by atoms with van der Waals surface area (Å²) in [5, 5.41) is 0. The van der Waals surface area contributed by atoms with E-state index in [2.05, 4.69) is 5.43 Å². The SMILES string of the molecule is COc1cc(N(C)C(=O)NN)c(OC)c(C)c1C. The molecule has 0 heterocycles. The molecule has 2 amide bonds. The summed E-state index contributed by atoms with van der Waals surface area (Å²) in [6, 6.07) is 1.31. The molecule has 0 bridgehead atoms. The van der Waals surface area contributed by atoms with Gasteiger partial charge in [-0.15, -0.1) is 0 Å². The van der Waals surface area contributed by atoms with Gasteiger partial charge in [-0.3, -0.25) is 10.3 Å². The molecule has 0 radical (unpaired) electrons. The van der Waals surface area contributed by atoms with Crippen molar-refractivity contribution in [1.29, 1.82) is 0 Å². The number of amides is 2. The minimum atomic E-state index is -0.432. The summed E-state index contributed by atoms with van der Waals surface area (Å²) in [4.78, 5) is 12.9. The van der Waals surface area contributed by atoms with Gasteiger partial charge < -0.3 is 9.47 Å². The maximum absolute atomic E-state index is 11.6. The molecule has 100 valence electrons. The lowest BCUT2D eigenvalue weighted by molar-refractivity contribution is 0.247. The van der Waals surface area contributed by atoms with Crippen LogP contribution in [0.5, 0.6) is 11.5 Å². The molecule has 0 saturated heterocycles. The third kappa shape index (κ3) is 2.33. The second-order valence-electron chi connectivity index (χ2n) is 3.89. The fourth-order valence-electron chi connectivity index (χ4n) is 1.77. The number of nitrogens with two attached hydrogens (primary N) is 1. The highest BCUT2D eigenvalue weighted by Crippen LogP contribution is 2.38. The van der Waals surface area contributed by atoms with E-state index in [1.807, 2.05) is 13.8 Å². The van der Waals surface area contributed by atoms with Crippen molar-refractivity contribution in [1.82, 2.24) is 5.43 Å². The summed E-state index contributed by atoms with van der Waals surface area (Å²) >= 11 is 0. The minimum Gasteiger partial charge on any atom is -0.496 e. The molecule has 0 aliphatic heterocycles. The van der Waals surface area contributed by atoms with Gasteiger partial charge >= 0.3 is 6.03 Å². The molecule has 0 aromatic heterocycles. The molecule has 0 saturated carbocycles. The van der Waals surface area contributed by atoms with E-state index in [9.17, 15) is 4.79 Å². The zero-order chi connectivity index (χ0) is 13.9. The number of hydrazine groups is 1. The summed E-state index contributed by atoms with van der Waals surface area (Å²) in [6.45, 7) is 3.85. The zero-order valence-corrected chi connectivity index (χ0v) is 11.3. The Labute approximate surface area is 107 Å². The maximum atomic E-state index is 11.6. The molecule has 6 heteroatoms. The smallest absolute Gasteiger partial charge is 0.335 e. The molecule has 1 aromatic carbocycles. The monoisotopic (exact) mass is 253 g/mol. The van der Waals surface area contributed by atoms with Crippen molar-refractivity contribution >= 4 is 11.7 Å². The van der Waals surface area contributed by atoms with Gasteiger partial charge in [0.25, 0.3) is 0 Å². The van der Waals surface area contributed by atoms with Crippen LogP contribution in [-0.4, -0.2) is 27.3 Å². The van der Waals surface area contributed by atoms with Gasteiger partial charge in [-0.2, -0.15) is 0 Å². The van der Waals surface area contributed by atoms with Crippen LogP contribution in [0.15, 0.2) is 6.07 Å². The number of nitrogens with zero attached hydrogens (tertiary/aromatic N) is 1. The Balaban J connectivity index is 3.42. The predicted molar refractivity (Wildman–Crippen MR) is 70.1 cm³/mol. The molecular weight excluding hydrogens is 234 g/mol. The molecule has 0 unspecified atom stereocenters. The number of nitrogens with one attached hydrogen (secondary N) is 1. The predicted octanol–water partition coefficient (Wildman–Crippen LogP) is 1.34. The molecule has 1 rings (SSSR count). The van der Waals surface area contributed by atoms with Crippen LogP contribution in [0, 0.1) is 13.8 Å². The first-order valence-electron chi connectivity index (χ1n) is 5.44. The summed E-state index contributed by atoms with van der Waals surface area (Å²) in [5.41, 5.74) is 4.57. The molecule has 0 aliphatic rings. The number of ether oxygens (including phenoxy) is 2. The first kappa shape index (κ1) is 14.1. The van der Waals surface area contributed by atoms with Crippen molar-refractivity contribution in [2.75, 3.05) is 26.2 Å². The van der Waals surface area contributed by atoms with Crippen LogP contribution in [-0.2, 0) is 0 Å². The first-order valence-corrected chi connectivity index (χ1v) is 5.44. The number of anilines is 1. The quantitative estimate of drug-likeness (QED) is 0.484. The second kappa shape index (κ2) is 5.59. The summed E-state index contributed by atoms with van der Waals surface area (Å²) in [6.07, 6.45) is 0. The lowest BCUT2D eigenvalue weighted by atomic mass is 10.1. The first-order chi connectivity index (χ1) is 8.47. The van der Waals surface area contributed by atoms with E-state index in [0.717, 1.165) is 11.1 Å². The van der Waals surface area contributed by atoms with Gasteiger partial charge in [0.05, 0.1) is 19.9 Å². The molecule has 0 aliphatic carbocycles. The van der Waals surface area contributed by atoms with E-state index < -0.39 is 6.03 Å². The minimum absolute atomic E-state index is 0.432. The maximum Gasteiger partial charge on any atom is 0.335 e. The topological polar surface area (TPSA) is 76.8 Å². The molecule has 18 heavy (non-hydrogen) atoms. The fraction of sp³-hybridized carbons (Fsp3) is 0.417. The number of benzene rings is 1. The van der Waals surface area contributed by atoms with E-state index in [4.69, 9.17) is 15.3 Å². The molecule has 0 atom stereocenters. The second-order valence-corrected chi connectivity index (χ2v) is 3.89. The highest BCUT2D eigenvalue weighted by Gasteiger charge is 2.19. The van der Waals surface area contributed by atoms with Crippen LogP contribution in [0.4, 0.5) is 10.5 Å². The molecule has 6 nitrogen and oxygen atoms in total. The number of urea groups is 1.